The smallest absolute Gasteiger partial charge is 0.279 e. The molecule has 10 aliphatic rings. The van der Waals surface area contributed by atoms with Gasteiger partial charge in [-0.3, -0.25) is 9.80 Å². The highest BCUT2D eigenvalue weighted by atomic mass is 35.5. The topological polar surface area (TPSA) is 65.0 Å². The van der Waals surface area contributed by atoms with E-state index in [0.29, 0.717) is 22.7 Å². The van der Waals surface area contributed by atoms with Crippen molar-refractivity contribution in [2.45, 2.75) is 297 Å². The summed E-state index contributed by atoms with van der Waals surface area (Å²) in [4.78, 5) is 20.3. The summed E-state index contributed by atoms with van der Waals surface area (Å²) in [6, 6.07) is 81.0. The van der Waals surface area contributed by atoms with Gasteiger partial charge in [0.25, 0.3) is 6.71 Å². The third kappa shape index (κ3) is 16.2. The molecule has 0 amide bonds. The summed E-state index contributed by atoms with van der Waals surface area (Å²) in [6.45, 7) is 54.8. The first-order valence-electron chi connectivity index (χ1n) is 48.3. The lowest BCUT2D eigenvalue weighted by molar-refractivity contribution is -0.00526. The number of fused-ring (bicyclic) bond motifs is 4. The molecule has 0 radical (unpaired) electrons. The summed E-state index contributed by atoms with van der Waals surface area (Å²) in [5, 5.41) is 0.667. The quantitative estimate of drug-likeness (QED) is 0.112. The molecular formula is C118H138BClN6O2. The first-order valence-corrected chi connectivity index (χ1v) is 48.7. The molecule has 662 valence electrons. The summed E-state index contributed by atoms with van der Waals surface area (Å²) in [5.74, 6) is 7.55. The highest BCUT2D eigenvalue weighted by molar-refractivity contribution is 6.99. The van der Waals surface area contributed by atoms with Gasteiger partial charge in [-0.1, -0.05) is 275 Å². The van der Waals surface area contributed by atoms with Crippen molar-refractivity contribution in [3.05, 3.63) is 279 Å². The minimum absolute atomic E-state index is 0.00317. The minimum Gasteiger partial charge on any atom is -0.420 e. The Bertz CT molecular complexity index is 5980. The van der Waals surface area contributed by atoms with Crippen LogP contribution in [0.25, 0.3) is 22.9 Å². The van der Waals surface area contributed by atoms with Crippen molar-refractivity contribution in [2.24, 2.45) is 35.5 Å². The van der Waals surface area contributed by atoms with Gasteiger partial charge in [-0.05, 0) is 349 Å². The van der Waals surface area contributed by atoms with Crippen LogP contribution < -0.4 is 36.1 Å². The predicted molar refractivity (Wildman–Crippen MR) is 542 cm³/mol. The molecule has 128 heavy (non-hydrogen) atoms. The number of hydrogen-bond acceptors (Lipinski definition) is 8. The van der Waals surface area contributed by atoms with Gasteiger partial charge in [0.15, 0.2) is 0 Å². The molecule has 8 fully saturated rings. The van der Waals surface area contributed by atoms with Gasteiger partial charge in [0.05, 0.1) is 28.2 Å². The molecule has 10 heteroatoms. The first kappa shape index (κ1) is 87.5. The molecular weight excluding hydrogens is 1580 g/mol. The molecule has 2 aliphatic heterocycles. The molecule has 22 rings (SSSR count). The summed E-state index contributed by atoms with van der Waals surface area (Å²) >= 11 is 8.13. The second-order valence-electron chi connectivity index (χ2n) is 48.8. The lowest BCUT2D eigenvalue weighted by atomic mass is 9.35. The van der Waals surface area contributed by atoms with Crippen LogP contribution in [0.15, 0.2) is 227 Å². The zero-order chi connectivity index (χ0) is 90.4. The van der Waals surface area contributed by atoms with Gasteiger partial charge < -0.3 is 18.6 Å². The normalized spacial score (nSPS) is 21.7. The molecule has 8 aliphatic carbocycles. The van der Waals surface area contributed by atoms with E-state index in [-0.39, 0.29) is 60.9 Å². The van der Waals surface area contributed by atoms with E-state index in [1.807, 2.05) is 6.20 Å². The highest BCUT2D eigenvalue weighted by Crippen LogP contribution is 2.65. The van der Waals surface area contributed by atoms with E-state index in [1.165, 1.54) is 166 Å². The Balaban J connectivity index is 0.000000167. The number of benzene rings is 10. The van der Waals surface area contributed by atoms with Crippen LogP contribution in [0.5, 0.6) is 0 Å². The molecule has 0 atom stereocenters. The zero-order valence-electron chi connectivity index (χ0n) is 81.2. The van der Waals surface area contributed by atoms with Crippen molar-refractivity contribution in [2.75, 3.05) is 19.6 Å². The van der Waals surface area contributed by atoms with Crippen molar-refractivity contribution in [1.29, 1.82) is 0 Å². The molecule has 0 unspecified atom stereocenters. The number of nitrogens with zero attached hydrogens (tertiary/aromatic N) is 6. The third-order valence-electron chi connectivity index (χ3n) is 30.9. The Morgan fingerprint density at radius 3 is 1.02 bits per heavy atom. The van der Waals surface area contributed by atoms with Crippen molar-refractivity contribution in [3.8, 4) is 22.9 Å². The van der Waals surface area contributed by atoms with Crippen molar-refractivity contribution in [3.63, 3.8) is 0 Å². The molecule has 12 aromatic rings. The number of halogens is 1. The molecule has 8 nitrogen and oxygen atoms in total. The summed E-state index contributed by atoms with van der Waals surface area (Å²) in [5.41, 5.74) is 30.4. The fourth-order valence-electron chi connectivity index (χ4n) is 24.3. The molecule has 0 spiro atoms. The van der Waals surface area contributed by atoms with Crippen LogP contribution in [0.2, 0.25) is 5.02 Å². The molecule has 8 bridgehead atoms. The van der Waals surface area contributed by atoms with E-state index in [0.717, 1.165) is 92.2 Å². The second kappa shape index (κ2) is 31.2. The van der Waals surface area contributed by atoms with Gasteiger partial charge >= 0.3 is 0 Å². The average Bonchev–Trinajstić information content (AvgIpc) is 1.25. The highest BCUT2D eigenvalue weighted by Gasteiger charge is 2.56. The van der Waals surface area contributed by atoms with Gasteiger partial charge in [-0.15, -0.1) is 0 Å². The van der Waals surface area contributed by atoms with Crippen LogP contribution in [0, 0.1) is 35.5 Å². The zero-order valence-corrected chi connectivity index (χ0v) is 81.9. The molecule has 8 saturated carbocycles. The van der Waals surface area contributed by atoms with E-state index in [1.54, 1.807) is 0 Å². The number of anilines is 12. The van der Waals surface area contributed by atoms with Gasteiger partial charge in [-0.25, -0.2) is 9.97 Å². The van der Waals surface area contributed by atoms with Gasteiger partial charge in [-0.2, -0.15) is 0 Å². The van der Waals surface area contributed by atoms with Crippen LogP contribution in [0.1, 0.15) is 299 Å². The largest absolute Gasteiger partial charge is 0.420 e. The Labute approximate surface area is 771 Å². The molecule has 2 aromatic heterocycles. The standard InChI is InChI=1S/C59H68BN3O.C59H70ClN3O/c1-55(2,3)40-15-13-39(14-16-40)53-61-52-54(64-53)63(46-24-19-42(20-25-46)57(7,8)9)50-32-44(59-33-36-27-37(34-59)29-38(28-36)35-59)31-49-51(50)60(52)47-30-43(58(10,11)12)21-26-48(47)62(49)45-22-17-41(18-23-45)56(4,5)6;1-55(2,3)42-15-13-41(14-16-42)54-61-37-52(64-54)63(49-27-21-45(22-28-49)58(10,11)12)51-33-46(59-34-38-29-39(35-59)31-40(30-38)36-59)32-50(53(51)60)62(47-23-17-43(18-24-47)56(4,5)6)48-25-19-44(20-26-48)57(7,8)9/h13-26,30-32,36-38H,27-29,33-35H2,1-12H3;13-28,32-33,37-40H,29-31,34-36H2,1-12H3. The Morgan fingerprint density at radius 2 is 0.648 bits per heavy atom. The van der Waals surface area contributed by atoms with Crippen molar-refractivity contribution >= 4 is 103 Å². The van der Waals surface area contributed by atoms with Crippen LogP contribution in [0.3, 0.4) is 0 Å². The molecule has 0 saturated heterocycles. The Hall–Kier alpha value is -9.83. The number of hydrogen-bond donors (Lipinski definition) is 0. The SMILES string of the molecule is CC(C)(C)c1ccc(-c2nc3c(o2)N(c2ccc(C(C)(C)C)cc2)c2cc(C45CC6CC(CC(C6)C4)C5)cc4c2B3c2cc(C(C)(C)C)ccc2N4c2ccc(C(C)(C)C)cc2)cc1.CC(C)(C)c1ccc(-c2ncc(N(c3ccc(C(C)(C)C)cc3)c3cc(C45CC6CC(CC(C6)C4)C5)cc(N(c4ccc(C(C)(C)C)cc4)c4ccc(C(C)(C)C)cc4)c3Cl)o2)cc1. The fraction of sp³-hybridized carbons (Fsp3) is 0.441. The first-order chi connectivity index (χ1) is 60.2. The van der Waals surface area contributed by atoms with Gasteiger partial charge in [0.1, 0.15) is 0 Å². The van der Waals surface area contributed by atoms with E-state index in [4.69, 9.17) is 30.4 Å². The van der Waals surface area contributed by atoms with Crippen LogP contribution in [-0.2, 0) is 54.1 Å². The second-order valence-corrected chi connectivity index (χ2v) is 49.2. The summed E-state index contributed by atoms with van der Waals surface area (Å²) in [7, 11) is 0. The van der Waals surface area contributed by atoms with E-state index in [9.17, 15) is 0 Å². The monoisotopic (exact) mass is 1720 g/mol. The van der Waals surface area contributed by atoms with Gasteiger partial charge in [0, 0.05) is 56.6 Å². The average molecular weight is 1720 g/mol. The summed E-state index contributed by atoms with van der Waals surface area (Å²) in [6.07, 6.45) is 17.9. The number of oxazole rings is 2. The van der Waals surface area contributed by atoms with Gasteiger partial charge in [0.2, 0.25) is 23.5 Å². The Kier molecular flexibility index (Phi) is 21.3. The minimum atomic E-state index is -0.121. The predicted octanol–water partition coefficient (Wildman–Crippen LogP) is 31.7. The maximum atomic E-state index is 8.13. The fourth-order valence-corrected chi connectivity index (χ4v) is 24.6. The molecule has 10 aromatic carbocycles. The maximum Gasteiger partial charge on any atom is 0.279 e. The van der Waals surface area contributed by atoms with Crippen molar-refractivity contribution in [1.82, 2.24) is 9.97 Å². The maximum absolute atomic E-state index is 8.13. The molecule has 4 heterocycles. The van der Waals surface area contributed by atoms with E-state index < -0.39 is 0 Å². The Morgan fingerprint density at radius 1 is 0.336 bits per heavy atom. The third-order valence-corrected chi connectivity index (χ3v) is 31.3. The van der Waals surface area contributed by atoms with Crippen LogP contribution in [-0.4, -0.2) is 16.7 Å². The van der Waals surface area contributed by atoms with Crippen molar-refractivity contribution < 1.29 is 8.83 Å². The van der Waals surface area contributed by atoms with Crippen LogP contribution >= 0.6 is 11.6 Å². The summed E-state index contributed by atoms with van der Waals surface area (Å²) < 4.78 is 14.2. The van der Waals surface area contributed by atoms with E-state index in [2.05, 4.69) is 398 Å². The van der Waals surface area contributed by atoms with E-state index >= 15 is 0 Å². The lowest BCUT2D eigenvalue weighted by Crippen LogP contribution is -2.62. The van der Waals surface area contributed by atoms with Crippen LogP contribution in [0.4, 0.5) is 68.6 Å². The number of rotatable bonds is 12. The lowest BCUT2D eigenvalue weighted by Gasteiger charge is -2.57. The molecule has 0 N–H and O–H groups in total. The number of aromatic nitrogens is 2.